The van der Waals surface area contributed by atoms with Gasteiger partial charge < -0.3 is 23.7 Å². The largest absolute Gasteiger partial charge is 0.463 e. The van der Waals surface area contributed by atoms with Gasteiger partial charge in [0.15, 0.2) is 18.3 Å². The Morgan fingerprint density at radius 3 is 2.00 bits per heavy atom. The van der Waals surface area contributed by atoms with Crippen LogP contribution in [0.25, 0.3) is 0 Å². The van der Waals surface area contributed by atoms with E-state index in [-0.39, 0.29) is 17.5 Å². The van der Waals surface area contributed by atoms with Crippen molar-refractivity contribution in [2.45, 2.75) is 63.5 Å². The van der Waals surface area contributed by atoms with Gasteiger partial charge in [0.2, 0.25) is 0 Å². The first-order valence-corrected chi connectivity index (χ1v) is 10.8. The molecule has 1 aromatic carbocycles. The highest BCUT2D eigenvalue weighted by Gasteiger charge is 2.53. The van der Waals surface area contributed by atoms with E-state index in [1.54, 1.807) is 12.1 Å². The molecule has 0 aromatic heterocycles. The molecule has 1 aliphatic rings. The summed E-state index contributed by atoms with van der Waals surface area (Å²) in [5.41, 5.74) is 0.342. The van der Waals surface area contributed by atoms with Crippen molar-refractivity contribution in [1.29, 1.82) is 0 Å². The van der Waals surface area contributed by atoms with Crippen LogP contribution in [-0.4, -0.2) is 54.9 Å². The summed E-state index contributed by atoms with van der Waals surface area (Å²) in [4.78, 5) is 46.8. The fraction of sp³-hybridized carbons (Fsp3) is 0.524. The molecule has 0 unspecified atom stereocenters. The van der Waals surface area contributed by atoms with E-state index in [2.05, 4.69) is 15.9 Å². The van der Waals surface area contributed by atoms with E-state index in [9.17, 15) is 19.2 Å². The molecule has 32 heavy (non-hydrogen) atoms. The fourth-order valence-corrected chi connectivity index (χ4v) is 3.83. The number of carbonyl (C=O) groups is 4. The Balaban J connectivity index is 2.61. The van der Waals surface area contributed by atoms with E-state index in [1.807, 2.05) is 0 Å². The Hall–Kier alpha value is -2.53. The van der Waals surface area contributed by atoms with Crippen LogP contribution < -0.4 is 0 Å². The summed E-state index contributed by atoms with van der Waals surface area (Å²) in [6.07, 6.45) is -6.40. The van der Waals surface area contributed by atoms with Crippen LogP contribution in [-0.2, 0) is 48.2 Å². The standard InChI is InChI=1S/C21H24BrFO9/c1-10(24)28-9-16-19(29-11(2)25)21(31-13(4)27)20(30-12(3)26)18(32-16)15-7-5-6-14(8-22)17(15)23/h5-7,16,18-21H,8-9H2,1-4H3/t16-,18+,19-,20+,21+/m1/s1. The minimum Gasteiger partial charge on any atom is -0.463 e. The predicted molar refractivity (Wildman–Crippen MR) is 110 cm³/mol. The van der Waals surface area contributed by atoms with E-state index in [0.717, 1.165) is 20.8 Å². The molecule has 0 amide bonds. The van der Waals surface area contributed by atoms with E-state index in [0.29, 0.717) is 5.56 Å². The zero-order chi connectivity index (χ0) is 24.0. The number of esters is 4. The lowest BCUT2D eigenvalue weighted by atomic mass is 9.89. The lowest BCUT2D eigenvalue weighted by Crippen LogP contribution is -2.59. The number of alkyl halides is 1. The summed E-state index contributed by atoms with van der Waals surface area (Å²) in [6, 6.07) is 4.57. The molecule has 5 atom stereocenters. The fourth-order valence-electron chi connectivity index (χ4n) is 3.40. The van der Waals surface area contributed by atoms with Crippen molar-refractivity contribution in [3.8, 4) is 0 Å². The van der Waals surface area contributed by atoms with Gasteiger partial charge in [-0.3, -0.25) is 19.2 Å². The Kier molecular flexibility index (Phi) is 9.14. The smallest absolute Gasteiger partial charge is 0.303 e. The third-order valence-electron chi connectivity index (χ3n) is 4.55. The molecule has 1 heterocycles. The molecule has 1 aromatic rings. The summed E-state index contributed by atoms with van der Waals surface area (Å²) >= 11 is 3.21. The SMILES string of the molecule is CC(=O)OC[C@H]1O[C@@H](c2cccc(CBr)c2F)[C@H](OC(C)=O)[C@@H](OC(C)=O)[C@@H]1OC(C)=O. The molecule has 0 saturated carbocycles. The maximum atomic E-state index is 15.2. The summed E-state index contributed by atoms with van der Waals surface area (Å²) < 4.78 is 42.2. The first-order valence-electron chi connectivity index (χ1n) is 9.68. The van der Waals surface area contributed by atoms with Gasteiger partial charge in [-0.25, -0.2) is 4.39 Å². The highest BCUT2D eigenvalue weighted by atomic mass is 79.9. The number of halogens is 2. The van der Waals surface area contributed by atoms with Crippen LogP contribution in [0.2, 0.25) is 0 Å². The Bertz CT molecular complexity index is 875. The molecule has 2 rings (SSSR count). The molecule has 0 bridgehead atoms. The molecular weight excluding hydrogens is 495 g/mol. The minimum absolute atomic E-state index is 0.0273. The van der Waals surface area contributed by atoms with Gasteiger partial charge in [-0.05, 0) is 5.56 Å². The highest BCUT2D eigenvalue weighted by Crippen LogP contribution is 2.39. The van der Waals surface area contributed by atoms with Gasteiger partial charge in [-0.1, -0.05) is 34.1 Å². The van der Waals surface area contributed by atoms with E-state index >= 15 is 4.39 Å². The zero-order valence-corrected chi connectivity index (χ0v) is 19.5. The average molecular weight is 519 g/mol. The van der Waals surface area contributed by atoms with E-state index in [4.69, 9.17) is 23.7 Å². The molecule has 11 heteroatoms. The van der Waals surface area contributed by atoms with Crippen LogP contribution in [0.5, 0.6) is 0 Å². The Morgan fingerprint density at radius 2 is 1.47 bits per heavy atom. The third kappa shape index (κ3) is 6.49. The summed E-state index contributed by atoms with van der Waals surface area (Å²) in [5, 5.41) is 0.206. The van der Waals surface area contributed by atoms with Gasteiger partial charge in [0.05, 0.1) is 0 Å². The van der Waals surface area contributed by atoms with Gasteiger partial charge in [0, 0.05) is 38.6 Å². The lowest BCUT2D eigenvalue weighted by molar-refractivity contribution is -0.254. The van der Waals surface area contributed by atoms with Gasteiger partial charge in [0.1, 0.15) is 24.6 Å². The number of carbonyl (C=O) groups excluding carboxylic acids is 4. The molecule has 0 aliphatic carbocycles. The van der Waals surface area contributed by atoms with Crippen molar-refractivity contribution in [1.82, 2.24) is 0 Å². The van der Waals surface area contributed by atoms with Gasteiger partial charge in [0.25, 0.3) is 0 Å². The minimum atomic E-state index is -1.35. The van der Waals surface area contributed by atoms with Crippen LogP contribution in [0, 0.1) is 5.82 Å². The normalized spacial score (nSPS) is 24.9. The number of rotatable bonds is 7. The first kappa shape index (κ1) is 25.7. The van der Waals surface area contributed by atoms with Crippen molar-refractivity contribution < 1.29 is 47.3 Å². The van der Waals surface area contributed by atoms with Crippen molar-refractivity contribution in [2.24, 2.45) is 0 Å². The van der Waals surface area contributed by atoms with Gasteiger partial charge in [-0.15, -0.1) is 0 Å². The van der Waals surface area contributed by atoms with Crippen molar-refractivity contribution in [2.75, 3.05) is 6.61 Å². The Labute approximate surface area is 192 Å². The second kappa shape index (κ2) is 11.4. The van der Waals surface area contributed by atoms with Crippen LogP contribution in [0.1, 0.15) is 44.9 Å². The molecule has 0 radical (unpaired) electrons. The molecule has 1 saturated heterocycles. The summed E-state index contributed by atoms with van der Waals surface area (Å²) in [5.74, 6) is -3.50. The van der Waals surface area contributed by atoms with E-state index < -0.39 is 60.2 Å². The molecule has 9 nitrogen and oxygen atoms in total. The average Bonchev–Trinajstić information content (AvgIpc) is 2.69. The van der Waals surface area contributed by atoms with Gasteiger partial charge >= 0.3 is 23.9 Å². The van der Waals surface area contributed by atoms with E-state index in [1.165, 1.54) is 13.0 Å². The summed E-state index contributed by atoms with van der Waals surface area (Å²) in [6.45, 7) is 4.16. The topological polar surface area (TPSA) is 114 Å². The Morgan fingerprint density at radius 1 is 0.906 bits per heavy atom. The lowest BCUT2D eigenvalue weighted by Gasteiger charge is -2.44. The zero-order valence-electron chi connectivity index (χ0n) is 18.0. The molecule has 1 fully saturated rings. The van der Waals surface area contributed by atoms with Crippen LogP contribution >= 0.6 is 15.9 Å². The van der Waals surface area contributed by atoms with Crippen LogP contribution in [0.4, 0.5) is 4.39 Å². The predicted octanol–water partition coefficient (Wildman–Crippen LogP) is 2.52. The van der Waals surface area contributed by atoms with Crippen LogP contribution in [0.3, 0.4) is 0 Å². The highest BCUT2D eigenvalue weighted by molar-refractivity contribution is 9.08. The van der Waals surface area contributed by atoms with Crippen molar-refractivity contribution >= 4 is 39.8 Å². The summed E-state index contributed by atoms with van der Waals surface area (Å²) in [7, 11) is 0. The van der Waals surface area contributed by atoms with Crippen molar-refractivity contribution in [3.63, 3.8) is 0 Å². The molecular formula is C21H24BrFO9. The second-order valence-electron chi connectivity index (χ2n) is 7.07. The van der Waals surface area contributed by atoms with Crippen molar-refractivity contribution in [3.05, 3.63) is 35.1 Å². The number of hydrogen-bond acceptors (Lipinski definition) is 9. The third-order valence-corrected chi connectivity index (χ3v) is 5.15. The quantitative estimate of drug-likeness (QED) is 0.305. The molecule has 176 valence electrons. The number of hydrogen-bond donors (Lipinski definition) is 0. The monoisotopic (exact) mass is 518 g/mol. The number of benzene rings is 1. The second-order valence-corrected chi connectivity index (χ2v) is 7.63. The first-order chi connectivity index (χ1) is 15.0. The molecule has 0 N–H and O–H groups in total. The molecule has 1 aliphatic heterocycles. The maximum absolute atomic E-state index is 15.2. The number of ether oxygens (including phenoxy) is 5. The van der Waals surface area contributed by atoms with Crippen LogP contribution in [0.15, 0.2) is 18.2 Å². The maximum Gasteiger partial charge on any atom is 0.303 e. The molecule has 0 spiro atoms. The van der Waals surface area contributed by atoms with Gasteiger partial charge in [-0.2, -0.15) is 0 Å².